The van der Waals surface area contributed by atoms with E-state index in [-0.39, 0.29) is 11.1 Å². The van der Waals surface area contributed by atoms with Crippen LogP contribution in [0, 0.1) is 0 Å². The molecule has 182 valence electrons. The fourth-order valence-electron chi connectivity index (χ4n) is 3.06. The van der Waals surface area contributed by atoms with Gasteiger partial charge in [0.25, 0.3) is 11.8 Å². The molecule has 4 nitrogen and oxygen atoms in total. The van der Waals surface area contributed by atoms with Crippen molar-refractivity contribution in [1.29, 1.82) is 0 Å². The van der Waals surface area contributed by atoms with Gasteiger partial charge in [-0.25, -0.2) is 0 Å². The van der Waals surface area contributed by atoms with Crippen LogP contribution in [0.4, 0.5) is 17.6 Å². The van der Waals surface area contributed by atoms with Crippen LogP contribution in [0.25, 0.3) is 0 Å². The van der Waals surface area contributed by atoms with Crippen LogP contribution in [0.5, 0.6) is 0 Å². The number of amides is 2. The van der Waals surface area contributed by atoms with Gasteiger partial charge in [0.1, 0.15) is 0 Å². The Morgan fingerprint density at radius 3 is 1.26 bits per heavy atom. The largest absolute Gasteiger partial charge is 0.351 e. The lowest BCUT2D eigenvalue weighted by Crippen LogP contribution is -2.48. The standard InChI is InChI=1S/C24H22Cl2F4N2O2/c1-15(17-9-5-3-6-10-17)31-21(33)23(27,28)19(13-25)20(14-26)24(29,30)22(34)32-16(2)18-11-7-4-8-12-18/h3-16H,1-2H3,(H,31,33)(H,32,34)/b19-13-,20-14-/t15-,16-/m0/s1. The third kappa shape index (κ3) is 6.18. The monoisotopic (exact) mass is 516 g/mol. The second-order valence-corrected chi connectivity index (χ2v) is 7.84. The first-order valence-electron chi connectivity index (χ1n) is 10.1. The molecule has 10 heteroatoms. The van der Waals surface area contributed by atoms with Crippen molar-refractivity contribution in [2.45, 2.75) is 37.8 Å². The van der Waals surface area contributed by atoms with Crippen LogP contribution >= 0.6 is 23.2 Å². The van der Waals surface area contributed by atoms with Gasteiger partial charge >= 0.3 is 11.8 Å². The van der Waals surface area contributed by atoms with Gasteiger partial charge in [0.2, 0.25) is 0 Å². The Labute approximate surface area is 204 Å². The average Bonchev–Trinajstić information content (AvgIpc) is 2.82. The molecule has 2 N–H and O–H groups in total. The SMILES string of the molecule is C[C@H](NC(=O)C(F)(F)C(=C\Cl)/C(=C/Cl)C(F)(F)C(=O)N[C@@H](C)c1ccccc1)c1ccccc1. The summed E-state index contributed by atoms with van der Waals surface area (Å²) in [5.74, 6) is -12.8. The van der Waals surface area contributed by atoms with Crippen molar-refractivity contribution in [3.63, 3.8) is 0 Å². The van der Waals surface area contributed by atoms with Crippen molar-refractivity contribution in [3.05, 3.63) is 94.0 Å². The molecule has 0 aliphatic carbocycles. The van der Waals surface area contributed by atoms with Crippen molar-refractivity contribution < 1.29 is 27.2 Å². The van der Waals surface area contributed by atoms with Crippen molar-refractivity contribution in [2.24, 2.45) is 0 Å². The highest BCUT2D eigenvalue weighted by molar-refractivity contribution is 6.28. The minimum absolute atomic E-state index is 0.114. The number of benzene rings is 2. The molecule has 0 unspecified atom stereocenters. The molecule has 0 radical (unpaired) electrons. The molecule has 0 aliphatic rings. The molecular weight excluding hydrogens is 495 g/mol. The Hall–Kier alpha value is -2.84. The fraction of sp³-hybridized carbons (Fsp3) is 0.250. The van der Waals surface area contributed by atoms with E-state index >= 15 is 0 Å². The third-order valence-electron chi connectivity index (χ3n) is 5.05. The Kier molecular flexibility index (Phi) is 9.29. The van der Waals surface area contributed by atoms with Crippen molar-refractivity contribution >= 4 is 35.0 Å². The summed E-state index contributed by atoms with van der Waals surface area (Å²) in [4.78, 5) is 24.7. The molecule has 34 heavy (non-hydrogen) atoms. The second-order valence-electron chi connectivity index (χ2n) is 7.41. The summed E-state index contributed by atoms with van der Waals surface area (Å²) in [6.07, 6.45) is 0. The van der Waals surface area contributed by atoms with Gasteiger partial charge in [-0.05, 0) is 25.0 Å². The molecule has 0 aliphatic heterocycles. The van der Waals surface area contributed by atoms with E-state index in [1.54, 1.807) is 60.7 Å². The van der Waals surface area contributed by atoms with E-state index in [2.05, 4.69) is 10.6 Å². The number of hydrogen-bond donors (Lipinski definition) is 2. The number of carbonyl (C=O) groups is 2. The van der Waals surface area contributed by atoms with E-state index in [9.17, 15) is 27.2 Å². The van der Waals surface area contributed by atoms with Gasteiger partial charge in [-0.2, -0.15) is 17.6 Å². The summed E-state index contributed by atoms with van der Waals surface area (Å²) in [6, 6.07) is 14.6. The lowest BCUT2D eigenvalue weighted by molar-refractivity contribution is -0.145. The topological polar surface area (TPSA) is 58.2 Å². The molecule has 0 heterocycles. The molecule has 2 atom stereocenters. The predicted molar refractivity (Wildman–Crippen MR) is 124 cm³/mol. The average molecular weight is 517 g/mol. The highest BCUT2D eigenvalue weighted by Crippen LogP contribution is 2.40. The third-order valence-corrected chi connectivity index (χ3v) is 5.49. The first-order chi connectivity index (χ1) is 16.0. The number of alkyl halides is 4. The molecule has 2 rings (SSSR count). The predicted octanol–water partition coefficient (Wildman–Crippen LogP) is 6.26. The van der Waals surface area contributed by atoms with Crippen molar-refractivity contribution in [2.75, 3.05) is 0 Å². The first-order valence-corrected chi connectivity index (χ1v) is 10.9. The van der Waals surface area contributed by atoms with Crippen molar-refractivity contribution in [3.8, 4) is 0 Å². The maximum atomic E-state index is 15.0. The molecule has 0 spiro atoms. The van der Waals surface area contributed by atoms with Gasteiger partial charge < -0.3 is 10.6 Å². The minimum atomic E-state index is -4.53. The number of nitrogens with one attached hydrogen (secondary N) is 2. The summed E-state index contributed by atoms with van der Waals surface area (Å²) in [6.45, 7) is 2.89. The molecule has 2 aromatic rings. The summed E-state index contributed by atoms with van der Waals surface area (Å²) in [5.41, 5.74) is -1.96. The van der Waals surface area contributed by atoms with E-state index < -0.39 is 46.9 Å². The van der Waals surface area contributed by atoms with E-state index in [0.717, 1.165) is 0 Å². The Bertz CT molecular complexity index is 976. The fourth-order valence-corrected chi connectivity index (χ4v) is 3.57. The van der Waals surface area contributed by atoms with E-state index in [0.29, 0.717) is 11.1 Å². The maximum absolute atomic E-state index is 15.0. The van der Waals surface area contributed by atoms with Crippen LogP contribution in [-0.4, -0.2) is 23.7 Å². The zero-order valence-electron chi connectivity index (χ0n) is 18.2. The van der Waals surface area contributed by atoms with Gasteiger partial charge in [-0.1, -0.05) is 83.9 Å². The number of halogens is 6. The summed E-state index contributed by atoms with van der Waals surface area (Å²) < 4.78 is 59.9. The van der Waals surface area contributed by atoms with Crippen LogP contribution in [0.1, 0.15) is 37.1 Å². The summed E-state index contributed by atoms with van der Waals surface area (Å²) in [7, 11) is 0. The molecule has 0 aromatic heterocycles. The van der Waals surface area contributed by atoms with Gasteiger partial charge in [0.15, 0.2) is 0 Å². The Morgan fingerprint density at radius 1 is 0.706 bits per heavy atom. The van der Waals surface area contributed by atoms with Crippen LogP contribution in [0.15, 0.2) is 82.9 Å². The Morgan fingerprint density at radius 2 is 1.00 bits per heavy atom. The van der Waals surface area contributed by atoms with Gasteiger partial charge in [-0.3, -0.25) is 9.59 Å². The number of hydrogen-bond acceptors (Lipinski definition) is 2. The van der Waals surface area contributed by atoms with Crippen LogP contribution in [0.2, 0.25) is 0 Å². The number of rotatable bonds is 9. The van der Waals surface area contributed by atoms with Gasteiger partial charge in [0, 0.05) is 11.1 Å². The van der Waals surface area contributed by atoms with E-state index in [1.807, 2.05) is 0 Å². The highest BCUT2D eigenvalue weighted by Gasteiger charge is 2.53. The quantitative estimate of drug-likeness (QED) is 0.305. The van der Waals surface area contributed by atoms with Gasteiger partial charge in [-0.15, -0.1) is 0 Å². The lowest BCUT2D eigenvalue weighted by Gasteiger charge is -2.27. The van der Waals surface area contributed by atoms with Gasteiger partial charge in [0.05, 0.1) is 23.2 Å². The second kappa shape index (κ2) is 11.5. The van der Waals surface area contributed by atoms with Crippen molar-refractivity contribution in [1.82, 2.24) is 10.6 Å². The first kappa shape index (κ1) is 27.4. The summed E-state index contributed by atoms with van der Waals surface area (Å²) in [5, 5.41) is 4.12. The van der Waals surface area contributed by atoms with E-state index in [4.69, 9.17) is 23.2 Å². The lowest BCUT2D eigenvalue weighted by atomic mass is 9.95. The maximum Gasteiger partial charge on any atom is 0.351 e. The minimum Gasteiger partial charge on any atom is -0.344 e. The van der Waals surface area contributed by atoms with Crippen LogP contribution in [0.3, 0.4) is 0 Å². The summed E-state index contributed by atoms with van der Waals surface area (Å²) >= 11 is 10.9. The Balaban J connectivity index is 2.25. The highest BCUT2D eigenvalue weighted by atomic mass is 35.5. The van der Waals surface area contributed by atoms with Crippen LogP contribution < -0.4 is 10.6 Å². The number of carbonyl (C=O) groups excluding carboxylic acids is 2. The molecule has 2 amide bonds. The zero-order valence-corrected chi connectivity index (χ0v) is 19.7. The molecular formula is C24H22Cl2F4N2O2. The smallest absolute Gasteiger partial charge is 0.344 e. The molecule has 0 saturated carbocycles. The molecule has 2 aromatic carbocycles. The zero-order chi connectivity index (χ0) is 25.5. The van der Waals surface area contributed by atoms with Crippen LogP contribution in [-0.2, 0) is 9.59 Å². The van der Waals surface area contributed by atoms with E-state index in [1.165, 1.54) is 13.8 Å². The normalized spacial score (nSPS) is 14.8. The molecule has 0 bridgehead atoms. The molecule has 0 saturated heterocycles. The molecule has 0 fully saturated rings.